The average molecular weight is 707 g/mol. The van der Waals surface area contributed by atoms with Gasteiger partial charge in [-0.2, -0.15) is 10.2 Å². The normalized spacial score (nSPS) is 11.4. The van der Waals surface area contributed by atoms with E-state index in [4.69, 9.17) is 24.7 Å². The molecule has 0 aromatic carbocycles. The third-order valence-corrected chi connectivity index (χ3v) is 6.40. The van der Waals surface area contributed by atoms with Crippen molar-refractivity contribution in [2.24, 2.45) is 5.73 Å². The molecule has 3 aromatic heterocycles. The molecule has 3 aromatic rings. The van der Waals surface area contributed by atoms with E-state index in [1.807, 2.05) is 0 Å². The van der Waals surface area contributed by atoms with Crippen LogP contribution < -0.4 is 27.0 Å². The third-order valence-electron chi connectivity index (χ3n) is 6.40. The molecular formula is C27H38N12O11. The number of H-pyrrole nitrogens is 3. The number of anilines is 2. The van der Waals surface area contributed by atoms with Crippen molar-refractivity contribution in [3.8, 4) is 0 Å². The second-order valence-corrected chi connectivity index (χ2v) is 10.1. The predicted molar refractivity (Wildman–Crippen MR) is 170 cm³/mol. The number of ether oxygens (including phenoxy) is 4. The summed E-state index contributed by atoms with van der Waals surface area (Å²) < 4.78 is 20.7. The van der Waals surface area contributed by atoms with Gasteiger partial charge in [-0.05, 0) is 30.7 Å². The van der Waals surface area contributed by atoms with Crippen molar-refractivity contribution in [1.82, 2.24) is 41.2 Å². The lowest BCUT2D eigenvalue weighted by molar-refractivity contribution is -0.389. The maximum atomic E-state index is 12.5. The summed E-state index contributed by atoms with van der Waals surface area (Å²) in [7, 11) is 1.25. The van der Waals surface area contributed by atoms with E-state index in [1.165, 1.54) is 19.2 Å². The predicted octanol–water partition coefficient (Wildman–Crippen LogP) is -1.16. The van der Waals surface area contributed by atoms with Gasteiger partial charge in [0, 0.05) is 18.7 Å². The van der Waals surface area contributed by atoms with Crippen LogP contribution in [-0.4, -0.2) is 131 Å². The fraction of sp³-hybridized carbons (Fsp3) is 0.481. The standard InChI is InChI=1S/C27H38N12O11/c1-47-27(44)16(4-2-3-5-28)30-23(40)15-50-11-10-49-9-8-48-7-6-29-24(41)17-12-20(36-33-17)31-25(42)18-13-21(37-34-18)32-26(43)19-14-22(38-35-19)39(45)46/h12-14,16H,2-11,15,28H2,1H3,(H,29,41)(H,30,40)(H,35,38)(H2,31,33,36,42)(H2,32,34,37,43). The summed E-state index contributed by atoms with van der Waals surface area (Å²) in [5.41, 5.74) is 5.21. The highest BCUT2D eigenvalue weighted by Crippen LogP contribution is 2.13. The third kappa shape index (κ3) is 13.0. The second-order valence-electron chi connectivity index (χ2n) is 10.1. The number of methoxy groups -OCH3 is 1. The first kappa shape index (κ1) is 38.7. The molecule has 4 amide bonds. The van der Waals surface area contributed by atoms with Gasteiger partial charge < -0.3 is 56.1 Å². The highest BCUT2D eigenvalue weighted by Gasteiger charge is 2.21. The lowest BCUT2D eigenvalue weighted by Crippen LogP contribution is -2.43. The van der Waals surface area contributed by atoms with Crippen LogP contribution in [0, 0.1) is 10.1 Å². The van der Waals surface area contributed by atoms with E-state index in [9.17, 15) is 34.1 Å². The molecule has 0 spiro atoms. The molecule has 1 atom stereocenters. The van der Waals surface area contributed by atoms with Crippen LogP contribution in [0.5, 0.6) is 0 Å². The number of unbranched alkanes of at least 4 members (excludes halogenated alkanes) is 1. The van der Waals surface area contributed by atoms with Crippen LogP contribution in [0.3, 0.4) is 0 Å². The molecule has 3 rings (SSSR count). The number of nitrogens with zero attached hydrogens (tertiary/aromatic N) is 4. The molecule has 0 bridgehead atoms. The monoisotopic (exact) mass is 706 g/mol. The first-order valence-electron chi connectivity index (χ1n) is 15.1. The first-order chi connectivity index (χ1) is 24.1. The first-order valence-corrected chi connectivity index (χ1v) is 15.1. The molecule has 0 aliphatic carbocycles. The van der Waals surface area contributed by atoms with Crippen LogP contribution in [0.4, 0.5) is 17.5 Å². The average Bonchev–Trinajstić information content (AvgIpc) is 3.88. The number of aromatic nitrogens is 6. The molecule has 272 valence electrons. The summed E-state index contributed by atoms with van der Waals surface area (Å²) in [6.07, 6.45) is 1.82. The highest BCUT2D eigenvalue weighted by atomic mass is 16.6. The van der Waals surface area contributed by atoms with Gasteiger partial charge in [-0.1, -0.05) is 5.10 Å². The number of amides is 4. The van der Waals surface area contributed by atoms with Gasteiger partial charge in [0.25, 0.3) is 17.7 Å². The second kappa shape index (κ2) is 20.6. The fourth-order valence-electron chi connectivity index (χ4n) is 3.95. The number of carbonyl (C=O) groups excluding carboxylic acids is 5. The number of nitrogens with one attached hydrogen (secondary N) is 7. The Labute approximate surface area is 283 Å². The number of hydrogen-bond acceptors (Lipinski definition) is 15. The summed E-state index contributed by atoms with van der Waals surface area (Å²) in [5, 5.41) is 39.0. The zero-order chi connectivity index (χ0) is 36.3. The van der Waals surface area contributed by atoms with Crippen molar-refractivity contribution in [2.45, 2.75) is 25.3 Å². The van der Waals surface area contributed by atoms with Gasteiger partial charge in [0.15, 0.2) is 17.3 Å². The summed E-state index contributed by atoms with van der Waals surface area (Å²) in [5.74, 6) is -3.44. The van der Waals surface area contributed by atoms with Gasteiger partial charge >= 0.3 is 11.8 Å². The summed E-state index contributed by atoms with van der Waals surface area (Å²) >= 11 is 0. The number of aromatic amines is 3. The molecule has 0 aliphatic heterocycles. The molecular weight excluding hydrogens is 668 g/mol. The Morgan fingerprint density at radius 3 is 2.08 bits per heavy atom. The Bertz CT molecular complexity index is 1590. The number of nitrogens with two attached hydrogens (primary N) is 1. The quantitative estimate of drug-likeness (QED) is 0.0249. The van der Waals surface area contributed by atoms with Crippen molar-refractivity contribution in [3.05, 3.63) is 45.4 Å². The van der Waals surface area contributed by atoms with Crippen LogP contribution in [0.25, 0.3) is 0 Å². The molecule has 0 aliphatic rings. The summed E-state index contributed by atoms with van der Waals surface area (Å²) in [4.78, 5) is 71.0. The van der Waals surface area contributed by atoms with Crippen molar-refractivity contribution < 1.29 is 47.8 Å². The molecule has 9 N–H and O–H groups in total. The Morgan fingerprint density at radius 1 is 0.840 bits per heavy atom. The minimum absolute atomic E-state index is 0.0332. The van der Waals surface area contributed by atoms with Crippen LogP contribution >= 0.6 is 0 Å². The van der Waals surface area contributed by atoms with E-state index in [2.05, 4.69) is 51.9 Å². The van der Waals surface area contributed by atoms with Crippen LogP contribution in [-0.2, 0) is 28.5 Å². The molecule has 50 heavy (non-hydrogen) atoms. The van der Waals surface area contributed by atoms with Gasteiger partial charge in [0.05, 0.1) is 46.2 Å². The Hall–Kier alpha value is -5.78. The minimum atomic E-state index is -0.793. The Kier molecular flexibility index (Phi) is 15.9. The van der Waals surface area contributed by atoms with Gasteiger partial charge in [0.1, 0.15) is 24.0 Å². The van der Waals surface area contributed by atoms with Crippen molar-refractivity contribution in [3.63, 3.8) is 0 Å². The van der Waals surface area contributed by atoms with Gasteiger partial charge in [-0.25, -0.2) is 4.79 Å². The molecule has 0 saturated carbocycles. The van der Waals surface area contributed by atoms with Gasteiger partial charge in [-0.3, -0.25) is 29.4 Å². The van der Waals surface area contributed by atoms with Crippen molar-refractivity contribution >= 4 is 47.1 Å². The van der Waals surface area contributed by atoms with Gasteiger partial charge in [0.2, 0.25) is 5.91 Å². The van der Waals surface area contributed by atoms with Crippen LogP contribution in [0.15, 0.2) is 18.2 Å². The summed E-state index contributed by atoms with van der Waals surface area (Å²) in [6.45, 7) is 1.45. The Morgan fingerprint density at radius 2 is 1.46 bits per heavy atom. The van der Waals surface area contributed by atoms with E-state index in [0.717, 1.165) is 12.5 Å². The van der Waals surface area contributed by atoms with E-state index in [1.54, 1.807) is 0 Å². The molecule has 23 heteroatoms. The number of carbonyl (C=O) groups is 5. The largest absolute Gasteiger partial charge is 0.467 e. The van der Waals surface area contributed by atoms with Crippen LogP contribution in [0.1, 0.15) is 50.7 Å². The lowest BCUT2D eigenvalue weighted by atomic mass is 10.1. The van der Waals surface area contributed by atoms with Crippen LogP contribution in [0.2, 0.25) is 0 Å². The Balaban J connectivity index is 1.24. The molecule has 1 unspecified atom stereocenters. The molecule has 0 saturated heterocycles. The maximum absolute atomic E-state index is 12.5. The zero-order valence-electron chi connectivity index (χ0n) is 26.9. The van der Waals surface area contributed by atoms with E-state index >= 15 is 0 Å². The number of nitro groups is 1. The molecule has 0 radical (unpaired) electrons. The number of hydrogen-bond donors (Lipinski definition) is 8. The fourth-order valence-corrected chi connectivity index (χ4v) is 3.95. The topological polar surface area (TPSA) is 326 Å². The lowest BCUT2D eigenvalue weighted by Gasteiger charge is -2.16. The molecule has 0 fully saturated rings. The summed E-state index contributed by atoms with van der Waals surface area (Å²) in [6, 6.07) is 2.70. The maximum Gasteiger partial charge on any atom is 0.343 e. The zero-order valence-corrected chi connectivity index (χ0v) is 26.9. The number of esters is 1. The smallest absolute Gasteiger partial charge is 0.343 e. The molecule has 23 nitrogen and oxygen atoms in total. The van der Waals surface area contributed by atoms with Crippen molar-refractivity contribution in [1.29, 1.82) is 0 Å². The van der Waals surface area contributed by atoms with E-state index in [-0.39, 0.29) is 74.9 Å². The van der Waals surface area contributed by atoms with Crippen molar-refractivity contribution in [2.75, 3.05) is 70.5 Å². The van der Waals surface area contributed by atoms with E-state index in [0.29, 0.717) is 19.4 Å². The minimum Gasteiger partial charge on any atom is -0.467 e. The highest BCUT2D eigenvalue weighted by molar-refractivity contribution is 6.05. The molecule has 3 heterocycles. The number of rotatable bonds is 23. The SMILES string of the molecule is COC(=O)C(CCCCN)NC(=O)COCCOCCOCCNC(=O)c1cc(NC(=O)c2cc(NC(=O)c3cc([N+](=O)[O-])[nH]n3)n[nH]2)n[nH]1. The van der Waals surface area contributed by atoms with E-state index < -0.39 is 46.4 Å². The van der Waals surface area contributed by atoms with Gasteiger partial charge in [-0.15, -0.1) is 5.10 Å².